The average molecular weight is 303 g/mol. The quantitative estimate of drug-likeness (QED) is 0.587. The van der Waals surface area contributed by atoms with Crippen LogP contribution in [0.5, 0.6) is 0 Å². The van der Waals surface area contributed by atoms with Gasteiger partial charge < -0.3 is 5.73 Å². The topological polar surface area (TPSA) is 107 Å². The number of hydrogen-bond donors (Lipinski definition) is 2. The van der Waals surface area contributed by atoms with E-state index in [0.717, 1.165) is 4.57 Å². The van der Waals surface area contributed by atoms with Crippen LogP contribution < -0.4 is 16.6 Å². The van der Waals surface area contributed by atoms with E-state index in [4.69, 9.17) is 9.85 Å². The summed E-state index contributed by atoms with van der Waals surface area (Å²) in [7, 11) is 0. The van der Waals surface area contributed by atoms with Crippen LogP contribution in [0.4, 0.5) is 5.69 Å². The number of carbonyl (C=O) groups is 2. The van der Waals surface area contributed by atoms with Crippen LogP contribution >= 0.6 is 0 Å². The Labute approximate surface area is 130 Å². The molecule has 1 saturated heterocycles. The van der Waals surface area contributed by atoms with Crippen LogP contribution in [0.2, 0.25) is 0 Å². The number of amides is 2. The van der Waals surface area contributed by atoms with Crippen LogP contribution in [0.3, 0.4) is 0 Å². The Bertz CT molecular complexity index is 1020. The van der Waals surface area contributed by atoms with Crippen molar-refractivity contribution in [3.8, 4) is 0 Å². The lowest BCUT2D eigenvalue weighted by Gasteiger charge is -2.34. The van der Waals surface area contributed by atoms with Crippen molar-refractivity contribution < 1.29 is 13.7 Å². The number of anilines is 1. The molecule has 1 aliphatic rings. The first-order valence-corrected chi connectivity index (χ1v) is 6.73. The minimum atomic E-state index is -1.34. The second kappa shape index (κ2) is 4.66. The van der Waals surface area contributed by atoms with E-state index in [0.29, 0.717) is 0 Å². The van der Waals surface area contributed by atoms with E-state index in [1.54, 1.807) is 0 Å². The van der Waals surface area contributed by atoms with Gasteiger partial charge in [0, 0.05) is 12.1 Å². The van der Waals surface area contributed by atoms with Gasteiger partial charge in [0.15, 0.2) is 0 Å². The Kier molecular flexibility index (Phi) is 2.32. The molecule has 114 valence electrons. The van der Waals surface area contributed by atoms with Crippen molar-refractivity contribution in [2.45, 2.75) is 32.2 Å². The normalized spacial score (nSPS) is 23.8. The number of piperidine rings is 1. The molecule has 0 spiro atoms. The third-order valence-corrected chi connectivity index (χ3v) is 3.97. The Morgan fingerprint density at radius 2 is 2.14 bits per heavy atom. The molecule has 2 amide bonds. The molecule has 3 rings (SSSR count). The smallest absolute Gasteiger partial charge is 0.264 e. The summed E-state index contributed by atoms with van der Waals surface area (Å²) < 4.78 is 24.7. The van der Waals surface area contributed by atoms with E-state index in [-0.39, 0.29) is 41.3 Å². The van der Waals surface area contributed by atoms with Crippen molar-refractivity contribution in [2.75, 3.05) is 5.73 Å². The molecule has 3 N–H and O–H groups in total. The fraction of sp³-hybridized carbons (Fsp3) is 0.333. The number of benzene rings is 1. The highest BCUT2D eigenvalue weighted by atomic mass is 16.2. The number of nitrogen functional groups attached to an aromatic ring is 1. The molecule has 1 aromatic heterocycles. The predicted octanol–water partition coefficient (Wildman–Crippen LogP) is 0.439. The number of nitrogens with one attached hydrogen (secondary N) is 1. The maximum atomic E-state index is 13.1. The maximum absolute atomic E-state index is 13.1. The molecular weight excluding hydrogens is 284 g/mol. The van der Waals surface area contributed by atoms with Crippen molar-refractivity contribution in [3.63, 3.8) is 0 Å². The maximum Gasteiger partial charge on any atom is 0.264 e. The van der Waals surface area contributed by atoms with Crippen LogP contribution in [0, 0.1) is 6.92 Å². The van der Waals surface area contributed by atoms with Crippen molar-refractivity contribution in [2.24, 2.45) is 0 Å². The molecule has 0 aliphatic carbocycles. The molecule has 1 aromatic carbocycles. The molecule has 0 radical (unpaired) electrons. The number of imide groups is 1. The zero-order valence-electron chi connectivity index (χ0n) is 15.1. The first-order chi connectivity index (χ1) is 11.6. The molecule has 2 heterocycles. The van der Waals surface area contributed by atoms with Crippen LogP contribution in [-0.2, 0) is 15.1 Å². The molecule has 1 unspecified atom stereocenters. The summed E-state index contributed by atoms with van der Waals surface area (Å²) in [6.45, 7) is 3.03. The summed E-state index contributed by atoms with van der Waals surface area (Å²) in [4.78, 5) is 41.1. The van der Waals surface area contributed by atoms with E-state index in [9.17, 15) is 14.4 Å². The number of rotatable bonds is 1. The monoisotopic (exact) mass is 303 g/mol. The summed E-state index contributed by atoms with van der Waals surface area (Å²) >= 11 is 0. The molecule has 0 bridgehead atoms. The second-order valence-corrected chi connectivity index (χ2v) is 5.46. The first kappa shape index (κ1) is 10.9. The van der Waals surface area contributed by atoms with Gasteiger partial charge in [-0.05, 0) is 32.4 Å². The van der Waals surface area contributed by atoms with Crippen molar-refractivity contribution >= 4 is 28.4 Å². The Morgan fingerprint density at radius 1 is 1.41 bits per heavy atom. The number of nitrogens with zero attached hydrogens (tertiary/aromatic N) is 2. The minimum Gasteiger partial charge on any atom is -0.398 e. The average Bonchev–Trinajstić information content (AvgIpc) is 2.54. The van der Waals surface area contributed by atoms with Gasteiger partial charge in [-0.15, -0.1) is 0 Å². The Morgan fingerprint density at radius 3 is 2.82 bits per heavy atom. The predicted molar refractivity (Wildman–Crippen MR) is 81.2 cm³/mol. The summed E-state index contributed by atoms with van der Waals surface area (Å²) in [6.07, 6.45) is 0.185. The number of fused-ring (bicyclic) bond motifs is 1. The number of aromatic nitrogens is 2. The third-order valence-electron chi connectivity index (χ3n) is 3.97. The molecule has 7 nitrogen and oxygen atoms in total. The molecule has 1 fully saturated rings. The lowest BCUT2D eigenvalue weighted by Crippen LogP contribution is -2.56. The van der Waals surface area contributed by atoms with Gasteiger partial charge in [0.25, 0.3) is 11.5 Å². The van der Waals surface area contributed by atoms with E-state index in [2.05, 4.69) is 10.3 Å². The van der Waals surface area contributed by atoms with Gasteiger partial charge in [0.1, 0.15) is 11.4 Å². The van der Waals surface area contributed by atoms with Gasteiger partial charge in [0.2, 0.25) is 5.91 Å². The molecule has 22 heavy (non-hydrogen) atoms. The zero-order valence-corrected chi connectivity index (χ0v) is 12.1. The number of aryl methyl sites for hydroxylation is 1. The lowest BCUT2D eigenvalue weighted by molar-refractivity contribution is -0.140. The van der Waals surface area contributed by atoms with Gasteiger partial charge >= 0.3 is 0 Å². The SMILES string of the molecule is [2H]c1c([2H])c(N)c2c(=O)n(C3(C)CCC(=O)NC3=O)c(C)nc2c1[2H]. The zero-order chi connectivity index (χ0) is 18.7. The summed E-state index contributed by atoms with van der Waals surface area (Å²) in [6, 6.07) is -1.21. The van der Waals surface area contributed by atoms with Gasteiger partial charge in [0.05, 0.1) is 15.0 Å². The fourth-order valence-electron chi connectivity index (χ4n) is 2.77. The van der Waals surface area contributed by atoms with E-state index in [1.807, 2.05) is 0 Å². The van der Waals surface area contributed by atoms with Crippen molar-refractivity contribution in [1.82, 2.24) is 14.9 Å². The summed E-state index contributed by atoms with van der Waals surface area (Å²) in [5, 5.41) is 2.05. The lowest BCUT2D eigenvalue weighted by atomic mass is 9.90. The first-order valence-electron chi connectivity index (χ1n) is 8.23. The molecule has 0 saturated carbocycles. The van der Waals surface area contributed by atoms with Gasteiger partial charge in [-0.2, -0.15) is 0 Å². The standard InChI is InChI=1S/C15H16N4O3/c1-8-17-10-5-3-4-9(16)12(10)13(21)19(8)15(2)7-6-11(20)18-14(15)22/h3-5H,6-7,16H2,1-2H3,(H,18,20,22)/i3D,4D,5D. The van der Waals surface area contributed by atoms with Crippen LogP contribution in [0.25, 0.3) is 10.9 Å². The van der Waals surface area contributed by atoms with E-state index >= 15 is 0 Å². The van der Waals surface area contributed by atoms with Gasteiger partial charge in [-0.1, -0.05) is 6.04 Å². The van der Waals surface area contributed by atoms with Crippen LogP contribution in [0.15, 0.2) is 22.9 Å². The summed E-state index contributed by atoms with van der Waals surface area (Å²) in [5.41, 5.74) is 3.50. The molecule has 1 atom stereocenters. The minimum absolute atomic E-state index is 0.0701. The third kappa shape index (κ3) is 1.89. The van der Waals surface area contributed by atoms with Crippen LogP contribution in [-0.4, -0.2) is 21.4 Å². The second-order valence-electron chi connectivity index (χ2n) is 5.46. The van der Waals surface area contributed by atoms with Crippen LogP contribution in [0.1, 0.15) is 29.7 Å². The van der Waals surface area contributed by atoms with Crippen molar-refractivity contribution in [1.29, 1.82) is 0 Å². The fourth-order valence-corrected chi connectivity index (χ4v) is 2.77. The molecule has 2 aromatic rings. The van der Waals surface area contributed by atoms with E-state index < -0.39 is 35.0 Å². The molecule has 7 heteroatoms. The Hall–Kier alpha value is -2.70. The summed E-state index contributed by atoms with van der Waals surface area (Å²) in [5.74, 6) is -0.875. The van der Waals surface area contributed by atoms with Gasteiger partial charge in [-0.25, -0.2) is 4.98 Å². The largest absolute Gasteiger partial charge is 0.398 e. The highest BCUT2D eigenvalue weighted by Crippen LogP contribution is 2.27. The number of nitrogens with two attached hydrogens (primary N) is 1. The van der Waals surface area contributed by atoms with E-state index in [1.165, 1.54) is 13.8 Å². The van der Waals surface area contributed by atoms with Crippen molar-refractivity contribution in [3.05, 3.63) is 34.3 Å². The number of hydrogen-bond acceptors (Lipinski definition) is 5. The highest BCUT2D eigenvalue weighted by molar-refractivity contribution is 6.01. The molecule has 1 aliphatic heterocycles. The number of carbonyl (C=O) groups excluding carboxylic acids is 2. The van der Waals surface area contributed by atoms with Gasteiger partial charge in [-0.3, -0.25) is 24.3 Å². The Balaban J connectivity index is 2.41. The molecular formula is C15H16N4O3. The highest BCUT2D eigenvalue weighted by Gasteiger charge is 2.42.